The van der Waals surface area contributed by atoms with Crippen molar-refractivity contribution in [2.24, 2.45) is 0 Å². The van der Waals surface area contributed by atoms with Crippen LogP contribution in [0.25, 0.3) is 0 Å². The number of aryl methyl sites for hydroxylation is 1. The fourth-order valence-corrected chi connectivity index (χ4v) is 4.03. The van der Waals surface area contributed by atoms with Crippen molar-refractivity contribution in [3.05, 3.63) is 45.9 Å². The number of nitrogens with zero attached hydrogens (tertiary/aromatic N) is 1. The molecule has 0 bridgehead atoms. The van der Waals surface area contributed by atoms with Gasteiger partial charge in [0.2, 0.25) is 0 Å². The number of hydrogen-bond donors (Lipinski definition) is 1. The highest BCUT2D eigenvalue weighted by Gasteiger charge is 2.32. The van der Waals surface area contributed by atoms with Crippen molar-refractivity contribution in [2.75, 3.05) is 13.7 Å². The van der Waals surface area contributed by atoms with E-state index in [0.717, 1.165) is 18.7 Å². The fraction of sp³-hybridized carbons (Fsp3) is 0.438. The van der Waals surface area contributed by atoms with Crippen LogP contribution in [0.3, 0.4) is 0 Å². The van der Waals surface area contributed by atoms with E-state index in [0.29, 0.717) is 12.0 Å². The first kappa shape index (κ1) is 13.6. The fourth-order valence-electron chi connectivity index (χ4n) is 3.03. The molecule has 0 saturated heterocycles. The Morgan fingerprint density at radius 1 is 1.55 bits per heavy atom. The second kappa shape index (κ2) is 5.94. The number of likely N-dealkylation sites (N-methyl/N-ethyl adjacent to an activating group) is 1. The molecule has 3 rings (SSSR count). The summed E-state index contributed by atoms with van der Waals surface area (Å²) < 4.78 is 5.32. The molecule has 0 radical (unpaired) electrons. The highest BCUT2D eigenvalue weighted by atomic mass is 32.1. The average molecular weight is 288 g/mol. The van der Waals surface area contributed by atoms with Gasteiger partial charge in [-0.2, -0.15) is 0 Å². The quantitative estimate of drug-likeness (QED) is 0.914. The Morgan fingerprint density at radius 3 is 3.20 bits per heavy atom. The zero-order valence-electron chi connectivity index (χ0n) is 11.9. The van der Waals surface area contributed by atoms with Gasteiger partial charge in [-0.25, -0.2) is 0 Å². The summed E-state index contributed by atoms with van der Waals surface area (Å²) in [6.07, 6.45) is 4.22. The molecule has 1 aliphatic carbocycles. The summed E-state index contributed by atoms with van der Waals surface area (Å²) in [4.78, 5) is 5.97. The molecule has 0 spiro atoms. The van der Waals surface area contributed by atoms with Crippen LogP contribution in [-0.2, 0) is 6.42 Å². The molecule has 0 aromatic carbocycles. The predicted molar refractivity (Wildman–Crippen MR) is 82.6 cm³/mol. The lowest BCUT2D eigenvalue weighted by atomic mass is 9.95. The largest absolute Gasteiger partial charge is 0.496 e. The van der Waals surface area contributed by atoms with Crippen LogP contribution in [0, 0.1) is 0 Å². The standard InChI is InChI=1S/C16H20N2OS/c1-3-17-16(14-9-12(19-2)10-20-14)13-7-6-11-5-4-8-18-15(11)13/h4-5,8-10,13,16-17H,3,6-7H2,1-2H3. The van der Waals surface area contributed by atoms with Gasteiger partial charge < -0.3 is 10.1 Å². The SMILES string of the molecule is CCNC(c1cc(OC)cs1)C1CCc2cccnc21. The predicted octanol–water partition coefficient (Wildman–Crippen LogP) is 3.53. The number of fused-ring (bicyclic) bond motifs is 1. The number of hydrogen-bond acceptors (Lipinski definition) is 4. The Kier molecular flexibility index (Phi) is 4.03. The molecular formula is C16H20N2OS. The van der Waals surface area contributed by atoms with Crippen LogP contribution in [0.15, 0.2) is 29.8 Å². The Morgan fingerprint density at radius 2 is 2.45 bits per heavy atom. The van der Waals surface area contributed by atoms with Crippen molar-refractivity contribution in [1.29, 1.82) is 0 Å². The summed E-state index contributed by atoms with van der Waals surface area (Å²) >= 11 is 1.77. The van der Waals surface area contributed by atoms with Crippen molar-refractivity contribution >= 4 is 11.3 Å². The maximum Gasteiger partial charge on any atom is 0.129 e. The van der Waals surface area contributed by atoms with Gasteiger partial charge in [-0.05, 0) is 37.1 Å². The minimum absolute atomic E-state index is 0.338. The second-order valence-corrected chi connectivity index (χ2v) is 6.06. The molecule has 1 N–H and O–H groups in total. The number of ether oxygens (including phenoxy) is 1. The van der Waals surface area contributed by atoms with E-state index in [1.807, 2.05) is 12.3 Å². The van der Waals surface area contributed by atoms with Gasteiger partial charge in [0, 0.05) is 28.1 Å². The average Bonchev–Trinajstić information content (AvgIpc) is 3.12. The first-order chi connectivity index (χ1) is 9.83. The summed E-state index contributed by atoms with van der Waals surface area (Å²) in [5, 5.41) is 5.71. The number of rotatable bonds is 5. The van der Waals surface area contributed by atoms with E-state index in [1.165, 1.54) is 22.6 Å². The van der Waals surface area contributed by atoms with E-state index in [-0.39, 0.29) is 0 Å². The van der Waals surface area contributed by atoms with Gasteiger partial charge >= 0.3 is 0 Å². The van der Waals surface area contributed by atoms with E-state index < -0.39 is 0 Å². The van der Waals surface area contributed by atoms with E-state index >= 15 is 0 Å². The maximum absolute atomic E-state index is 5.32. The lowest BCUT2D eigenvalue weighted by Crippen LogP contribution is -2.25. The topological polar surface area (TPSA) is 34.1 Å². The molecule has 2 aromatic rings. The van der Waals surface area contributed by atoms with Crippen LogP contribution in [-0.4, -0.2) is 18.6 Å². The normalized spacial score (nSPS) is 18.8. The first-order valence-corrected chi connectivity index (χ1v) is 8.01. The van der Waals surface area contributed by atoms with Gasteiger partial charge in [0.25, 0.3) is 0 Å². The third-order valence-electron chi connectivity index (χ3n) is 3.97. The van der Waals surface area contributed by atoms with Crippen LogP contribution in [0.1, 0.15) is 41.4 Å². The molecule has 106 valence electrons. The maximum atomic E-state index is 5.32. The first-order valence-electron chi connectivity index (χ1n) is 7.13. The molecule has 0 saturated carbocycles. The molecule has 1 aliphatic rings. The van der Waals surface area contributed by atoms with Crippen molar-refractivity contribution in [3.63, 3.8) is 0 Å². The lowest BCUT2D eigenvalue weighted by Gasteiger charge is -2.23. The van der Waals surface area contributed by atoms with Crippen LogP contribution < -0.4 is 10.1 Å². The molecule has 2 unspecified atom stereocenters. The van der Waals surface area contributed by atoms with Gasteiger partial charge in [-0.3, -0.25) is 4.98 Å². The van der Waals surface area contributed by atoms with Crippen molar-refractivity contribution in [1.82, 2.24) is 10.3 Å². The molecule has 0 amide bonds. The van der Waals surface area contributed by atoms with Gasteiger partial charge in [-0.1, -0.05) is 13.0 Å². The molecule has 0 fully saturated rings. The molecule has 4 heteroatoms. The number of nitrogens with one attached hydrogen (secondary N) is 1. The molecular weight excluding hydrogens is 268 g/mol. The number of pyridine rings is 1. The van der Waals surface area contributed by atoms with E-state index in [1.54, 1.807) is 18.4 Å². The van der Waals surface area contributed by atoms with Crippen molar-refractivity contribution in [2.45, 2.75) is 31.7 Å². The third kappa shape index (κ3) is 2.45. The summed E-state index contributed by atoms with van der Waals surface area (Å²) in [7, 11) is 1.72. The molecule has 20 heavy (non-hydrogen) atoms. The highest BCUT2D eigenvalue weighted by Crippen LogP contribution is 2.42. The van der Waals surface area contributed by atoms with Gasteiger partial charge in [0.1, 0.15) is 5.75 Å². The summed E-state index contributed by atoms with van der Waals surface area (Å²) in [5.74, 6) is 1.42. The van der Waals surface area contributed by atoms with E-state index in [9.17, 15) is 0 Å². The third-order valence-corrected chi connectivity index (χ3v) is 4.96. The van der Waals surface area contributed by atoms with Crippen LogP contribution in [0.5, 0.6) is 5.75 Å². The zero-order chi connectivity index (χ0) is 13.9. The van der Waals surface area contributed by atoms with E-state index in [2.05, 4.69) is 34.7 Å². The van der Waals surface area contributed by atoms with E-state index in [4.69, 9.17) is 4.74 Å². The van der Waals surface area contributed by atoms with Crippen LogP contribution in [0.4, 0.5) is 0 Å². The Labute approximate surface area is 124 Å². The Bertz CT molecular complexity index is 581. The Balaban J connectivity index is 1.92. The van der Waals surface area contributed by atoms with Crippen molar-refractivity contribution < 1.29 is 4.74 Å². The summed E-state index contributed by atoms with van der Waals surface area (Å²) in [6, 6.07) is 6.74. The minimum atomic E-state index is 0.338. The Hall–Kier alpha value is -1.39. The summed E-state index contributed by atoms with van der Waals surface area (Å²) in [6.45, 7) is 3.12. The second-order valence-electron chi connectivity index (χ2n) is 5.12. The number of thiophene rings is 1. The van der Waals surface area contributed by atoms with Gasteiger partial charge in [0.05, 0.1) is 13.2 Å². The van der Waals surface area contributed by atoms with Crippen molar-refractivity contribution in [3.8, 4) is 5.75 Å². The molecule has 3 nitrogen and oxygen atoms in total. The molecule has 2 heterocycles. The number of aromatic nitrogens is 1. The monoisotopic (exact) mass is 288 g/mol. The number of methoxy groups -OCH3 is 1. The minimum Gasteiger partial charge on any atom is -0.496 e. The lowest BCUT2D eigenvalue weighted by molar-refractivity contribution is 0.413. The zero-order valence-corrected chi connectivity index (χ0v) is 12.7. The smallest absolute Gasteiger partial charge is 0.129 e. The molecule has 2 aromatic heterocycles. The van der Waals surface area contributed by atoms with Crippen LogP contribution >= 0.6 is 11.3 Å². The highest BCUT2D eigenvalue weighted by molar-refractivity contribution is 7.10. The van der Waals surface area contributed by atoms with Gasteiger partial charge in [0.15, 0.2) is 0 Å². The molecule has 0 aliphatic heterocycles. The van der Waals surface area contributed by atoms with Gasteiger partial charge in [-0.15, -0.1) is 11.3 Å². The van der Waals surface area contributed by atoms with Crippen LogP contribution in [0.2, 0.25) is 0 Å². The molecule has 2 atom stereocenters. The summed E-state index contributed by atoms with van der Waals surface area (Å²) in [5.41, 5.74) is 2.68.